The van der Waals surface area contributed by atoms with Crippen molar-refractivity contribution < 1.29 is 38.4 Å². The minimum Gasteiger partial charge on any atom is -0.356 e. The van der Waals surface area contributed by atoms with E-state index >= 15 is 0 Å². The number of nitrogens with one attached hydrogen (secondary N) is 5. The number of ketones is 3. The van der Waals surface area contributed by atoms with Crippen LogP contribution in [0.3, 0.4) is 0 Å². The average molecular weight is 1200 g/mol. The minimum atomic E-state index is 0.0202. The van der Waals surface area contributed by atoms with E-state index < -0.39 is 0 Å². The van der Waals surface area contributed by atoms with Crippen LogP contribution in [0.2, 0.25) is 0 Å². The molecule has 0 saturated heterocycles. The second-order valence-electron chi connectivity index (χ2n) is 21.6. The molecule has 502 valence electrons. The molecule has 0 aliphatic heterocycles. The van der Waals surface area contributed by atoms with Crippen molar-refractivity contribution in [3.05, 3.63) is 50.6 Å². The third kappa shape index (κ3) is 135. The Morgan fingerprint density at radius 2 is 0.529 bits per heavy atom. The maximum absolute atomic E-state index is 11.1. The Morgan fingerprint density at radius 1 is 0.259 bits per heavy atom. The molecule has 13 heteroatoms. The number of allylic oxidation sites excluding steroid dienone is 3. The molecule has 0 unspecified atom stereocenters. The van der Waals surface area contributed by atoms with Gasteiger partial charge in [0.25, 0.3) is 0 Å². The van der Waals surface area contributed by atoms with Crippen molar-refractivity contribution in [3.8, 4) is 0 Å². The summed E-state index contributed by atoms with van der Waals surface area (Å²) in [5.41, 5.74) is 0. The summed E-state index contributed by atoms with van der Waals surface area (Å²) in [7, 11) is 0. The first kappa shape index (κ1) is 96.6. The van der Waals surface area contributed by atoms with Crippen LogP contribution in [-0.2, 0) is 38.4 Å². The maximum Gasteiger partial charge on any atom is 0.219 e. The molecule has 0 aromatic rings. The van der Waals surface area contributed by atoms with Gasteiger partial charge in [0.05, 0.1) is 0 Å². The van der Waals surface area contributed by atoms with E-state index in [2.05, 4.69) is 87.5 Å². The van der Waals surface area contributed by atoms with Crippen LogP contribution in [0.1, 0.15) is 333 Å². The second-order valence-corrected chi connectivity index (χ2v) is 21.6. The smallest absolute Gasteiger partial charge is 0.219 e. The van der Waals surface area contributed by atoms with Crippen LogP contribution < -0.4 is 26.6 Å². The zero-order valence-electron chi connectivity index (χ0n) is 58.0. The van der Waals surface area contributed by atoms with Gasteiger partial charge in [-0.05, 0) is 116 Å². The topological polar surface area (TPSA) is 197 Å². The molecule has 0 atom stereocenters. The summed E-state index contributed by atoms with van der Waals surface area (Å²) >= 11 is 0. The molecule has 0 radical (unpaired) electrons. The zero-order chi connectivity index (χ0) is 66.1. The highest BCUT2D eigenvalue weighted by atomic mass is 16.2. The Hall–Kier alpha value is -4.68. The summed E-state index contributed by atoms with van der Waals surface area (Å²) in [6.45, 7) is 41.1. The molecule has 0 aromatic heterocycles. The molecule has 0 aliphatic rings. The van der Waals surface area contributed by atoms with Gasteiger partial charge in [-0.2, -0.15) is 0 Å². The molecule has 85 heavy (non-hydrogen) atoms. The van der Waals surface area contributed by atoms with Gasteiger partial charge in [0, 0.05) is 98.9 Å². The Labute approximate surface area is 526 Å². The van der Waals surface area contributed by atoms with Gasteiger partial charge >= 0.3 is 0 Å². The first-order valence-electron chi connectivity index (χ1n) is 34.0. The third-order valence-corrected chi connectivity index (χ3v) is 12.2. The summed E-state index contributed by atoms with van der Waals surface area (Å²) in [4.78, 5) is 84.8. The summed E-state index contributed by atoms with van der Waals surface area (Å²) in [5, 5.41) is 13.8. The number of rotatable bonds is 48. The van der Waals surface area contributed by atoms with Crippen molar-refractivity contribution in [2.75, 3.05) is 32.7 Å². The van der Waals surface area contributed by atoms with Crippen LogP contribution in [0.15, 0.2) is 50.6 Å². The van der Waals surface area contributed by atoms with Crippen LogP contribution >= 0.6 is 0 Å². The number of hydrogen-bond acceptors (Lipinski definition) is 8. The molecule has 0 aliphatic carbocycles. The SMILES string of the molecule is C=CCCCCC(=O)CCC.C=CCCCCCCNC(=O)CCC.C=CCCCCCCNC(C)=O.C=CCCNC(C)=O.CCCCCCC(=O)CCC.CCCCCCC(C)=O.CCCCCCCCNC(C)=O.CCCCNC(C)=O. The fourth-order valence-electron chi connectivity index (χ4n) is 7.27. The monoisotopic (exact) mass is 1200 g/mol. The minimum absolute atomic E-state index is 0.0202. The highest BCUT2D eigenvalue weighted by molar-refractivity contribution is 5.78. The number of amides is 5. The molecule has 0 fully saturated rings. The fourth-order valence-corrected chi connectivity index (χ4v) is 7.27. The average Bonchev–Trinajstić information content (AvgIpc) is 3.45. The van der Waals surface area contributed by atoms with Gasteiger partial charge in [-0.15, -0.1) is 26.3 Å². The van der Waals surface area contributed by atoms with Crippen molar-refractivity contribution in [1.82, 2.24) is 26.6 Å². The molecule has 0 bridgehead atoms. The Morgan fingerprint density at radius 3 is 0.859 bits per heavy atom. The van der Waals surface area contributed by atoms with E-state index in [0.29, 0.717) is 30.3 Å². The van der Waals surface area contributed by atoms with Crippen molar-refractivity contribution in [3.63, 3.8) is 0 Å². The first-order chi connectivity index (χ1) is 40.8. The van der Waals surface area contributed by atoms with E-state index in [0.717, 1.165) is 161 Å². The van der Waals surface area contributed by atoms with Crippen molar-refractivity contribution in [1.29, 1.82) is 0 Å². The molecule has 13 nitrogen and oxygen atoms in total. The van der Waals surface area contributed by atoms with Crippen LogP contribution in [0.5, 0.6) is 0 Å². The maximum atomic E-state index is 11.1. The van der Waals surface area contributed by atoms with Crippen molar-refractivity contribution >= 4 is 46.9 Å². The van der Waals surface area contributed by atoms with Gasteiger partial charge < -0.3 is 31.4 Å². The van der Waals surface area contributed by atoms with Crippen LogP contribution in [0.4, 0.5) is 0 Å². The highest BCUT2D eigenvalue weighted by Gasteiger charge is 2.01. The normalized spacial score (nSPS) is 9.46. The van der Waals surface area contributed by atoms with E-state index in [-0.39, 0.29) is 29.5 Å². The Kier molecular flexibility index (Phi) is 106. The zero-order valence-corrected chi connectivity index (χ0v) is 58.0. The first-order valence-corrected chi connectivity index (χ1v) is 34.0. The molecule has 0 rings (SSSR count). The molecule has 0 saturated carbocycles. The van der Waals surface area contributed by atoms with E-state index in [1.165, 1.54) is 123 Å². The summed E-state index contributed by atoms with van der Waals surface area (Å²) in [6, 6.07) is 0. The lowest BCUT2D eigenvalue weighted by molar-refractivity contribution is -0.121. The Bertz CT molecular complexity index is 1500. The number of unbranched alkanes of at least 4 members (excludes halogenated alkanes) is 22. The van der Waals surface area contributed by atoms with Crippen LogP contribution in [-0.4, -0.2) is 79.6 Å². The molecule has 0 heterocycles. The van der Waals surface area contributed by atoms with Gasteiger partial charge in [-0.3, -0.25) is 33.6 Å². The summed E-state index contributed by atoms with van der Waals surface area (Å²) in [5.74, 6) is 1.62. The standard InChI is InChI=1S/C12H23NO.C10H21NO.C10H19NO.C10H20O.C10H18O.C8H16O.C6H13NO.C6H11NO/c1-3-5-6-7-8-9-11-13-12(14)10-4-2;2*1-3-4-5-6-7-8-9-11-10(2)12;2*1-3-5-6-7-9-10(11)8-4-2;1-3-4-5-6-7-8(2)9;2*1-3-4-5-7-6(2)8/h3H,1,4-11H2,2H3,(H,13,14);3-9H2,1-2H3,(H,11,12);3H,1,4-9H2,2H3,(H,11,12);3-9H2,1-2H3;3H,1,4-9H2,2H3;3-7H2,1-2H3;3-5H2,1-2H3,(H,7,8);3H,1,4-5H2,2H3,(H,7,8). The van der Waals surface area contributed by atoms with E-state index in [1.54, 1.807) is 26.8 Å². The number of hydrogen-bond donors (Lipinski definition) is 5. The lowest BCUT2D eigenvalue weighted by Crippen LogP contribution is -2.23. The molecule has 0 spiro atoms. The number of Topliss-reactive ketones (excluding diaryl/α,β-unsaturated/α-hetero) is 3. The molecule has 5 N–H and O–H groups in total. The molecule has 0 aromatic carbocycles. The lowest BCUT2D eigenvalue weighted by Gasteiger charge is -2.03. The lowest BCUT2D eigenvalue weighted by atomic mass is 10.1. The van der Waals surface area contributed by atoms with Gasteiger partial charge in [0.2, 0.25) is 29.5 Å². The largest absolute Gasteiger partial charge is 0.356 e. The van der Waals surface area contributed by atoms with Gasteiger partial charge in [0.15, 0.2) is 0 Å². The third-order valence-electron chi connectivity index (χ3n) is 12.2. The van der Waals surface area contributed by atoms with Crippen LogP contribution in [0, 0.1) is 0 Å². The predicted octanol–water partition coefficient (Wildman–Crippen LogP) is 18.4. The van der Waals surface area contributed by atoms with E-state index in [4.69, 9.17) is 0 Å². The quantitative estimate of drug-likeness (QED) is 0.0293. The fraction of sp³-hybridized carbons (Fsp3) is 0.778. The number of carbonyl (C=O) groups excluding carboxylic acids is 8. The molecular weight excluding hydrogens is 1060 g/mol. The van der Waals surface area contributed by atoms with Crippen molar-refractivity contribution in [2.45, 2.75) is 333 Å². The predicted molar refractivity (Wildman–Crippen MR) is 369 cm³/mol. The van der Waals surface area contributed by atoms with Gasteiger partial charge in [0.1, 0.15) is 17.3 Å². The van der Waals surface area contributed by atoms with Gasteiger partial charge in [-0.25, -0.2) is 0 Å². The number of carbonyl (C=O) groups is 8. The van der Waals surface area contributed by atoms with E-state index in [1.807, 2.05) is 32.1 Å². The highest BCUT2D eigenvalue weighted by Crippen LogP contribution is 2.08. The second kappa shape index (κ2) is 93.0. The summed E-state index contributed by atoms with van der Waals surface area (Å²) in [6.07, 6.45) is 50.5. The molecule has 5 amide bonds. The Balaban J connectivity index is -0.000000134. The van der Waals surface area contributed by atoms with E-state index in [9.17, 15) is 38.4 Å². The molecular formula is C72H141N5O8. The van der Waals surface area contributed by atoms with Crippen LogP contribution in [0.25, 0.3) is 0 Å². The van der Waals surface area contributed by atoms with Gasteiger partial charge in [-0.1, -0.05) is 176 Å². The summed E-state index contributed by atoms with van der Waals surface area (Å²) < 4.78 is 0. The van der Waals surface area contributed by atoms with Crippen molar-refractivity contribution in [2.24, 2.45) is 0 Å².